The van der Waals surface area contributed by atoms with Gasteiger partial charge in [0.2, 0.25) is 0 Å². The first-order valence-electron chi connectivity index (χ1n) is 4.23. The lowest BCUT2D eigenvalue weighted by atomic mass is 10.2. The Balaban J connectivity index is 2.78. The molecular formula is C10H12ClNO2. The van der Waals surface area contributed by atoms with Crippen molar-refractivity contribution in [2.75, 3.05) is 0 Å². The Labute approximate surface area is 87.8 Å². The van der Waals surface area contributed by atoms with Crippen LogP contribution in [0.4, 0.5) is 0 Å². The third kappa shape index (κ3) is 2.64. The van der Waals surface area contributed by atoms with E-state index in [2.05, 4.69) is 0 Å². The number of carbonyl (C=O) groups excluding carboxylic acids is 1. The Morgan fingerprint density at radius 1 is 1.57 bits per heavy atom. The van der Waals surface area contributed by atoms with Gasteiger partial charge in [-0.1, -0.05) is 11.6 Å². The molecule has 1 aromatic carbocycles. The summed E-state index contributed by atoms with van der Waals surface area (Å²) < 4.78 is 5.28. The molecule has 14 heavy (non-hydrogen) atoms. The number of amides is 1. The number of nitrogens with two attached hydrogens (primary N) is 1. The predicted octanol–water partition coefficient (Wildman–Crippen LogP) is 1.90. The fraction of sp³-hybridized carbons (Fsp3) is 0.300. The average molecular weight is 214 g/mol. The van der Waals surface area contributed by atoms with Crippen LogP contribution in [0.15, 0.2) is 18.2 Å². The molecule has 0 saturated heterocycles. The van der Waals surface area contributed by atoms with Gasteiger partial charge < -0.3 is 10.5 Å². The molecule has 0 heterocycles. The van der Waals surface area contributed by atoms with Crippen molar-refractivity contribution in [3.05, 3.63) is 28.8 Å². The second-order valence-corrected chi connectivity index (χ2v) is 3.48. The molecule has 0 aliphatic heterocycles. The third-order valence-corrected chi connectivity index (χ3v) is 2.27. The summed E-state index contributed by atoms with van der Waals surface area (Å²) in [7, 11) is 0. The highest BCUT2D eigenvalue weighted by Gasteiger charge is 2.10. The van der Waals surface area contributed by atoms with Gasteiger partial charge in [0.05, 0.1) is 0 Å². The molecule has 2 N–H and O–H groups in total. The van der Waals surface area contributed by atoms with E-state index in [1.165, 1.54) is 0 Å². The van der Waals surface area contributed by atoms with E-state index in [-0.39, 0.29) is 0 Å². The number of hydrogen-bond donors (Lipinski definition) is 1. The van der Waals surface area contributed by atoms with Crippen LogP contribution >= 0.6 is 11.6 Å². The highest BCUT2D eigenvalue weighted by molar-refractivity contribution is 6.31. The van der Waals surface area contributed by atoms with Crippen LogP contribution in [-0.4, -0.2) is 12.0 Å². The van der Waals surface area contributed by atoms with Crippen molar-refractivity contribution >= 4 is 17.5 Å². The number of rotatable bonds is 3. The first-order chi connectivity index (χ1) is 6.50. The monoisotopic (exact) mass is 213 g/mol. The van der Waals surface area contributed by atoms with Gasteiger partial charge in [-0.25, -0.2) is 0 Å². The second-order valence-electron chi connectivity index (χ2n) is 3.07. The summed E-state index contributed by atoms with van der Waals surface area (Å²) in [5, 5.41) is 0.670. The maximum atomic E-state index is 10.7. The summed E-state index contributed by atoms with van der Waals surface area (Å²) in [4.78, 5) is 10.7. The van der Waals surface area contributed by atoms with E-state index >= 15 is 0 Å². The highest BCUT2D eigenvalue weighted by Crippen LogP contribution is 2.21. The lowest BCUT2D eigenvalue weighted by molar-refractivity contribution is -0.123. The minimum atomic E-state index is -0.629. The Morgan fingerprint density at radius 3 is 2.71 bits per heavy atom. The third-order valence-electron chi connectivity index (χ3n) is 1.84. The van der Waals surface area contributed by atoms with Crippen LogP contribution in [0.5, 0.6) is 5.75 Å². The number of ether oxygens (including phenoxy) is 1. The minimum Gasteiger partial charge on any atom is -0.481 e. The number of carbonyl (C=O) groups is 1. The molecular weight excluding hydrogens is 202 g/mol. The zero-order valence-corrected chi connectivity index (χ0v) is 8.84. The number of hydrogen-bond acceptors (Lipinski definition) is 2. The van der Waals surface area contributed by atoms with Crippen molar-refractivity contribution in [3.8, 4) is 5.75 Å². The van der Waals surface area contributed by atoms with Crippen LogP contribution in [0.2, 0.25) is 5.02 Å². The van der Waals surface area contributed by atoms with Gasteiger partial charge in [-0.05, 0) is 37.6 Å². The zero-order chi connectivity index (χ0) is 10.7. The minimum absolute atomic E-state index is 0.488. The number of halogens is 1. The quantitative estimate of drug-likeness (QED) is 0.834. The van der Waals surface area contributed by atoms with Crippen molar-refractivity contribution in [1.29, 1.82) is 0 Å². The van der Waals surface area contributed by atoms with Gasteiger partial charge in [0.15, 0.2) is 6.10 Å². The van der Waals surface area contributed by atoms with Gasteiger partial charge in [0, 0.05) is 5.02 Å². The van der Waals surface area contributed by atoms with Gasteiger partial charge >= 0.3 is 0 Å². The van der Waals surface area contributed by atoms with Crippen LogP contribution in [0.1, 0.15) is 12.5 Å². The molecule has 0 aliphatic carbocycles. The lowest BCUT2D eigenvalue weighted by Gasteiger charge is -2.11. The standard InChI is InChI=1S/C10H12ClNO2/c1-6-5-8(3-4-9(6)11)14-7(2)10(12)13/h3-5,7H,1-2H3,(H2,12,13)/t7-/m0/s1. The van der Waals surface area contributed by atoms with Gasteiger partial charge in [0.25, 0.3) is 5.91 Å². The van der Waals surface area contributed by atoms with E-state index in [4.69, 9.17) is 22.1 Å². The number of primary amides is 1. The molecule has 0 fully saturated rings. The molecule has 0 radical (unpaired) electrons. The fourth-order valence-electron chi connectivity index (χ4n) is 0.953. The molecule has 0 bridgehead atoms. The highest BCUT2D eigenvalue weighted by atomic mass is 35.5. The second kappa shape index (κ2) is 4.33. The zero-order valence-electron chi connectivity index (χ0n) is 8.08. The molecule has 3 nitrogen and oxygen atoms in total. The molecule has 0 spiro atoms. The lowest BCUT2D eigenvalue weighted by Crippen LogP contribution is -2.30. The van der Waals surface area contributed by atoms with Crippen LogP contribution in [-0.2, 0) is 4.79 Å². The van der Waals surface area contributed by atoms with Gasteiger partial charge in [-0.15, -0.1) is 0 Å². The van der Waals surface area contributed by atoms with E-state index in [1.54, 1.807) is 25.1 Å². The Kier molecular flexibility index (Phi) is 3.36. The SMILES string of the molecule is Cc1cc(O[C@@H](C)C(N)=O)ccc1Cl. The summed E-state index contributed by atoms with van der Waals surface area (Å²) in [5.41, 5.74) is 5.97. The normalized spacial score (nSPS) is 12.2. The summed E-state index contributed by atoms with van der Waals surface area (Å²) >= 11 is 5.83. The summed E-state index contributed by atoms with van der Waals surface area (Å²) in [6, 6.07) is 5.19. The molecule has 0 aliphatic rings. The maximum Gasteiger partial charge on any atom is 0.258 e. The smallest absolute Gasteiger partial charge is 0.258 e. The van der Waals surface area contributed by atoms with E-state index in [0.29, 0.717) is 10.8 Å². The van der Waals surface area contributed by atoms with Crippen molar-refractivity contribution in [1.82, 2.24) is 0 Å². The molecule has 0 aromatic heterocycles. The largest absolute Gasteiger partial charge is 0.481 e. The van der Waals surface area contributed by atoms with Crippen molar-refractivity contribution in [2.45, 2.75) is 20.0 Å². The molecule has 1 rings (SSSR count). The van der Waals surface area contributed by atoms with Gasteiger partial charge in [-0.2, -0.15) is 0 Å². The van der Waals surface area contributed by atoms with Crippen LogP contribution in [0.3, 0.4) is 0 Å². The van der Waals surface area contributed by atoms with Crippen LogP contribution in [0.25, 0.3) is 0 Å². The van der Waals surface area contributed by atoms with Crippen molar-refractivity contribution in [3.63, 3.8) is 0 Å². The Morgan fingerprint density at radius 2 is 2.21 bits per heavy atom. The van der Waals surface area contributed by atoms with E-state index < -0.39 is 12.0 Å². The summed E-state index contributed by atoms with van der Waals surface area (Å²) in [5.74, 6) is 0.107. The van der Waals surface area contributed by atoms with Crippen LogP contribution in [0, 0.1) is 6.92 Å². The topological polar surface area (TPSA) is 52.3 Å². The van der Waals surface area contributed by atoms with Crippen LogP contribution < -0.4 is 10.5 Å². The van der Waals surface area contributed by atoms with E-state index in [9.17, 15) is 4.79 Å². The molecule has 0 saturated carbocycles. The first kappa shape index (κ1) is 10.9. The predicted molar refractivity (Wildman–Crippen MR) is 55.5 cm³/mol. The Bertz CT molecular complexity index is 352. The van der Waals surface area contributed by atoms with Crippen molar-refractivity contribution in [2.24, 2.45) is 5.73 Å². The summed E-state index contributed by atoms with van der Waals surface area (Å²) in [6.45, 7) is 3.47. The maximum absolute atomic E-state index is 10.7. The molecule has 1 aromatic rings. The first-order valence-corrected chi connectivity index (χ1v) is 4.60. The van der Waals surface area contributed by atoms with Crippen molar-refractivity contribution < 1.29 is 9.53 Å². The molecule has 4 heteroatoms. The van der Waals surface area contributed by atoms with Gasteiger partial charge in [-0.3, -0.25) is 4.79 Å². The molecule has 1 amide bonds. The average Bonchev–Trinajstić information content (AvgIpc) is 2.11. The summed E-state index contributed by atoms with van der Waals surface area (Å²) in [6.07, 6.45) is -0.629. The van der Waals surface area contributed by atoms with E-state index in [0.717, 1.165) is 5.56 Å². The number of aryl methyl sites for hydroxylation is 1. The molecule has 76 valence electrons. The van der Waals surface area contributed by atoms with E-state index in [1.807, 2.05) is 6.92 Å². The fourth-order valence-corrected chi connectivity index (χ4v) is 1.07. The molecule has 0 unspecified atom stereocenters. The number of benzene rings is 1. The Hall–Kier alpha value is -1.22. The van der Waals surface area contributed by atoms with Gasteiger partial charge in [0.1, 0.15) is 5.75 Å². The molecule has 1 atom stereocenters.